The molecule has 3 N–H and O–H groups in total. The molecule has 1 aromatic carbocycles. The molecule has 1 aromatic rings. The Morgan fingerprint density at radius 3 is 2.71 bits per heavy atom. The maximum atomic E-state index is 13.6. The summed E-state index contributed by atoms with van der Waals surface area (Å²) in [7, 11) is -3.58. The summed E-state index contributed by atoms with van der Waals surface area (Å²) in [4.78, 5) is 12.1. The third-order valence-electron chi connectivity index (χ3n) is 3.39. The Hall–Kier alpha value is -1.67. The van der Waals surface area contributed by atoms with Crippen molar-refractivity contribution in [1.29, 1.82) is 0 Å². The van der Waals surface area contributed by atoms with Gasteiger partial charge >= 0.3 is 0 Å². The number of anilines is 2. The second-order valence-electron chi connectivity index (χ2n) is 5.20. The monoisotopic (exact) mass is 315 g/mol. The molecule has 8 heteroatoms. The number of amides is 1. The van der Waals surface area contributed by atoms with Crippen LogP contribution in [-0.2, 0) is 14.8 Å². The van der Waals surface area contributed by atoms with Gasteiger partial charge in [-0.3, -0.25) is 9.52 Å². The van der Waals surface area contributed by atoms with E-state index < -0.39 is 15.8 Å². The van der Waals surface area contributed by atoms with E-state index >= 15 is 0 Å². The van der Waals surface area contributed by atoms with E-state index in [0.717, 1.165) is 25.3 Å². The molecule has 0 radical (unpaired) electrons. The van der Waals surface area contributed by atoms with Crippen LogP contribution in [0.4, 0.5) is 15.8 Å². The van der Waals surface area contributed by atoms with Crippen LogP contribution in [0.5, 0.6) is 0 Å². The average Bonchev–Trinajstić information content (AvgIpc) is 2.78. The topological polar surface area (TPSA) is 87.3 Å². The van der Waals surface area contributed by atoms with Crippen molar-refractivity contribution in [2.45, 2.75) is 19.4 Å². The highest BCUT2D eigenvalue weighted by molar-refractivity contribution is 7.92. The summed E-state index contributed by atoms with van der Waals surface area (Å²) in [6.07, 6.45) is 1.67. The van der Waals surface area contributed by atoms with Gasteiger partial charge in [0.15, 0.2) is 0 Å². The van der Waals surface area contributed by atoms with E-state index in [2.05, 4.69) is 15.4 Å². The van der Waals surface area contributed by atoms with Crippen molar-refractivity contribution in [2.24, 2.45) is 5.92 Å². The van der Waals surface area contributed by atoms with E-state index in [4.69, 9.17) is 0 Å². The van der Waals surface area contributed by atoms with Gasteiger partial charge in [0.1, 0.15) is 5.82 Å². The summed E-state index contributed by atoms with van der Waals surface area (Å²) in [5.74, 6) is -1.01. The van der Waals surface area contributed by atoms with Crippen LogP contribution in [-0.4, -0.2) is 33.2 Å². The summed E-state index contributed by atoms with van der Waals surface area (Å²) in [6, 6.07) is 3.85. The second kappa shape index (κ2) is 5.98. The summed E-state index contributed by atoms with van der Waals surface area (Å²) < 4.78 is 38.0. The maximum absolute atomic E-state index is 13.6. The molecule has 0 aromatic heterocycles. The van der Waals surface area contributed by atoms with E-state index in [1.807, 2.05) is 6.92 Å². The van der Waals surface area contributed by atoms with E-state index in [-0.39, 0.29) is 23.6 Å². The molecule has 2 atom stereocenters. The Balaban J connectivity index is 2.14. The molecule has 1 saturated heterocycles. The van der Waals surface area contributed by atoms with Gasteiger partial charge in [-0.15, -0.1) is 0 Å². The van der Waals surface area contributed by atoms with Gasteiger partial charge in [-0.1, -0.05) is 0 Å². The lowest BCUT2D eigenvalue weighted by Gasteiger charge is -2.15. The number of sulfonamides is 1. The van der Waals surface area contributed by atoms with E-state index in [9.17, 15) is 17.6 Å². The van der Waals surface area contributed by atoms with Gasteiger partial charge in [0.25, 0.3) is 0 Å². The van der Waals surface area contributed by atoms with Crippen molar-refractivity contribution in [3.05, 3.63) is 24.0 Å². The van der Waals surface area contributed by atoms with Crippen LogP contribution in [0, 0.1) is 11.7 Å². The first-order valence-corrected chi connectivity index (χ1v) is 8.47. The first kappa shape index (κ1) is 15.7. The molecule has 1 amide bonds. The highest BCUT2D eigenvalue weighted by Crippen LogP contribution is 2.23. The number of carbonyl (C=O) groups excluding carboxylic acids is 1. The van der Waals surface area contributed by atoms with Crippen LogP contribution in [0.3, 0.4) is 0 Å². The third kappa shape index (κ3) is 4.15. The first-order chi connectivity index (χ1) is 9.76. The number of nitrogens with one attached hydrogen (secondary N) is 3. The van der Waals surface area contributed by atoms with Crippen LogP contribution in [0.15, 0.2) is 18.2 Å². The summed E-state index contributed by atoms with van der Waals surface area (Å²) >= 11 is 0. The van der Waals surface area contributed by atoms with Gasteiger partial charge in [-0.25, -0.2) is 12.8 Å². The Morgan fingerprint density at radius 2 is 2.14 bits per heavy atom. The van der Waals surface area contributed by atoms with Crippen LogP contribution < -0.4 is 15.4 Å². The molecule has 1 aliphatic heterocycles. The molecule has 1 heterocycles. The normalized spacial score (nSPS) is 22.0. The van der Waals surface area contributed by atoms with E-state index in [1.165, 1.54) is 12.1 Å². The summed E-state index contributed by atoms with van der Waals surface area (Å²) in [5.41, 5.74) is 0.166. The fraction of sp³-hybridized carbons (Fsp3) is 0.462. The smallest absolute Gasteiger partial charge is 0.229 e. The molecular formula is C13H18FN3O3S. The Labute approximate surface area is 123 Å². The summed E-state index contributed by atoms with van der Waals surface area (Å²) in [5, 5.41) is 5.86. The van der Waals surface area contributed by atoms with Gasteiger partial charge < -0.3 is 10.6 Å². The highest BCUT2D eigenvalue weighted by Gasteiger charge is 2.29. The van der Waals surface area contributed by atoms with Crippen LogP contribution in [0.2, 0.25) is 0 Å². The lowest BCUT2D eigenvalue weighted by Crippen LogP contribution is -2.32. The molecular weight excluding hydrogens is 297 g/mol. The largest absolute Gasteiger partial charge is 0.326 e. The van der Waals surface area contributed by atoms with Gasteiger partial charge in [0, 0.05) is 11.7 Å². The van der Waals surface area contributed by atoms with Crippen molar-refractivity contribution in [2.75, 3.05) is 22.8 Å². The molecule has 0 aliphatic carbocycles. The third-order valence-corrected chi connectivity index (χ3v) is 3.98. The number of carbonyl (C=O) groups is 1. The number of halogens is 1. The number of hydrogen-bond acceptors (Lipinski definition) is 4. The standard InChI is InChI=1S/C13H18FN3O3S/c1-8-10(5-6-15-8)13(18)16-9-3-4-11(14)12(7-9)17-21(2,19)20/h3-4,7-8,10,15,17H,5-6H2,1-2H3,(H,16,18). The lowest BCUT2D eigenvalue weighted by atomic mass is 10.0. The molecule has 1 aliphatic rings. The first-order valence-electron chi connectivity index (χ1n) is 6.58. The minimum atomic E-state index is -3.58. The highest BCUT2D eigenvalue weighted by atomic mass is 32.2. The zero-order chi connectivity index (χ0) is 15.6. The lowest BCUT2D eigenvalue weighted by molar-refractivity contribution is -0.120. The van der Waals surface area contributed by atoms with Crippen LogP contribution in [0.1, 0.15) is 13.3 Å². The van der Waals surface area contributed by atoms with Crippen LogP contribution in [0.25, 0.3) is 0 Å². The molecule has 116 valence electrons. The Bertz CT molecular complexity index is 648. The van der Waals surface area contributed by atoms with Gasteiger partial charge in [0.05, 0.1) is 17.9 Å². The second-order valence-corrected chi connectivity index (χ2v) is 6.94. The molecule has 0 spiro atoms. The van der Waals surface area contributed by atoms with E-state index in [0.29, 0.717) is 5.69 Å². The number of rotatable bonds is 4. The SMILES string of the molecule is CC1NCCC1C(=O)Nc1ccc(F)c(NS(C)(=O)=O)c1. The predicted octanol–water partition coefficient (Wildman–Crippen LogP) is 1.13. The molecule has 0 bridgehead atoms. The minimum absolute atomic E-state index is 0.0825. The molecule has 21 heavy (non-hydrogen) atoms. The fourth-order valence-corrected chi connectivity index (χ4v) is 2.89. The molecule has 6 nitrogen and oxygen atoms in total. The van der Waals surface area contributed by atoms with Gasteiger partial charge in [-0.05, 0) is 38.1 Å². The number of hydrogen-bond donors (Lipinski definition) is 3. The van der Waals surface area contributed by atoms with Crippen molar-refractivity contribution >= 4 is 27.3 Å². The van der Waals surface area contributed by atoms with Crippen molar-refractivity contribution in [3.63, 3.8) is 0 Å². The van der Waals surface area contributed by atoms with Crippen molar-refractivity contribution in [3.8, 4) is 0 Å². The molecule has 2 rings (SSSR count). The van der Waals surface area contributed by atoms with Gasteiger partial charge in [0.2, 0.25) is 15.9 Å². The molecule has 0 saturated carbocycles. The quantitative estimate of drug-likeness (QED) is 0.777. The molecule has 1 fully saturated rings. The average molecular weight is 315 g/mol. The summed E-state index contributed by atoms with van der Waals surface area (Å²) in [6.45, 7) is 2.71. The van der Waals surface area contributed by atoms with Crippen molar-refractivity contribution in [1.82, 2.24) is 5.32 Å². The fourth-order valence-electron chi connectivity index (χ4n) is 2.33. The predicted molar refractivity (Wildman–Crippen MR) is 79.1 cm³/mol. The van der Waals surface area contributed by atoms with E-state index in [1.54, 1.807) is 0 Å². The zero-order valence-electron chi connectivity index (χ0n) is 11.8. The number of benzene rings is 1. The molecule has 2 unspecified atom stereocenters. The Morgan fingerprint density at radius 1 is 1.43 bits per heavy atom. The zero-order valence-corrected chi connectivity index (χ0v) is 12.6. The van der Waals surface area contributed by atoms with Crippen molar-refractivity contribution < 1.29 is 17.6 Å². The maximum Gasteiger partial charge on any atom is 0.229 e. The Kier molecular flexibility index (Phi) is 4.48. The van der Waals surface area contributed by atoms with Gasteiger partial charge in [-0.2, -0.15) is 0 Å². The van der Waals surface area contributed by atoms with Crippen LogP contribution >= 0.6 is 0 Å². The minimum Gasteiger partial charge on any atom is -0.326 e.